The van der Waals surface area contributed by atoms with Gasteiger partial charge in [-0.1, -0.05) is 32.9 Å². The molecule has 0 bridgehead atoms. The second-order valence-corrected chi connectivity index (χ2v) is 11.8. The first-order valence-electron chi connectivity index (χ1n) is 12.2. The highest BCUT2D eigenvalue weighted by Crippen LogP contribution is 2.38. The summed E-state index contributed by atoms with van der Waals surface area (Å²) in [6.07, 6.45) is 1.73. The summed E-state index contributed by atoms with van der Waals surface area (Å²) in [7, 11) is 0. The van der Waals surface area contributed by atoms with E-state index in [9.17, 15) is 14.4 Å². The predicted octanol–water partition coefficient (Wildman–Crippen LogP) is 5.41. The highest BCUT2D eigenvalue weighted by molar-refractivity contribution is 7.16. The second kappa shape index (κ2) is 9.97. The van der Waals surface area contributed by atoms with Crippen LogP contribution in [0.15, 0.2) is 48.7 Å². The molecule has 4 rings (SSSR count). The van der Waals surface area contributed by atoms with E-state index in [2.05, 4.69) is 41.7 Å². The zero-order valence-corrected chi connectivity index (χ0v) is 22.9. The molecule has 0 aliphatic carbocycles. The van der Waals surface area contributed by atoms with Gasteiger partial charge < -0.3 is 15.5 Å². The lowest BCUT2D eigenvalue weighted by molar-refractivity contribution is -0.133. The number of hydrogen-bond donors (Lipinski definition) is 3. The molecular formula is C28H33N5O3S. The second-order valence-electron chi connectivity index (χ2n) is 10.7. The molecule has 1 aliphatic rings. The van der Waals surface area contributed by atoms with E-state index in [0.29, 0.717) is 29.3 Å². The summed E-state index contributed by atoms with van der Waals surface area (Å²) in [6.45, 7) is 12.4. The molecule has 8 nitrogen and oxygen atoms in total. The van der Waals surface area contributed by atoms with E-state index in [1.165, 1.54) is 11.3 Å². The minimum Gasteiger partial charge on any atom is -0.352 e. The molecule has 1 aliphatic heterocycles. The molecule has 9 heteroatoms. The van der Waals surface area contributed by atoms with Gasteiger partial charge in [0.15, 0.2) is 0 Å². The summed E-state index contributed by atoms with van der Waals surface area (Å²) in [5, 5.41) is 9.04. The molecule has 2 aromatic heterocycles. The number of urea groups is 1. The molecule has 0 radical (unpaired) electrons. The van der Waals surface area contributed by atoms with Crippen molar-refractivity contribution in [3.63, 3.8) is 0 Å². The fourth-order valence-corrected chi connectivity index (χ4v) is 5.28. The number of anilines is 2. The number of pyridine rings is 1. The molecule has 3 heterocycles. The zero-order valence-electron chi connectivity index (χ0n) is 22.1. The van der Waals surface area contributed by atoms with Crippen LogP contribution >= 0.6 is 11.3 Å². The first-order valence-corrected chi connectivity index (χ1v) is 13.0. The number of benzene rings is 1. The third-order valence-corrected chi connectivity index (χ3v) is 7.94. The van der Waals surface area contributed by atoms with Gasteiger partial charge in [-0.25, -0.2) is 4.79 Å². The van der Waals surface area contributed by atoms with Crippen LogP contribution in [0.25, 0.3) is 11.3 Å². The van der Waals surface area contributed by atoms with Gasteiger partial charge in [-0.15, -0.1) is 11.3 Å². The quantitative estimate of drug-likeness (QED) is 0.429. The Morgan fingerprint density at radius 3 is 2.54 bits per heavy atom. The van der Waals surface area contributed by atoms with E-state index in [4.69, 9.17) is 0 Å². The van der Waals surface area contributed by atoms with Crippen LogP contribution < -0.4 is 16.0 Å². The number of nitrogens with zero attached hydrogens (tertiary/aromatic N) is 2. The molecule has 1 saturated heterocycles. The number of piperazine rings is 1. The van der Waals surface area contributed by atoms with Crippen molar-refractivity contribution in [2.45, 2.75) is 52.5 Å². The summed E-state index contributed by atoms with van der Waals surface area (Å²) < 4.78 is 0. The Morgan fingerprint density at radius 2 is 1.86 bits per heavy atom. The summed E-state index contributed by atoms with van der Waals surface area (Å²) in [4.78, 5) is 46.2. The van der Waals surface area contributed by atoms with Crippen LogP contribution in [0.5, 0.6) is 0 Å². The largest absolute Gasteiger partial charge is 0.352 e. The summed E-state index contributed by atoms with van der Waals surface area (Å²) in [5.41, 5.74) is 2.55. The first-order chi connectivity index (χ1) is 17.4. The maximum absolute atomic E-state index is 13.7. The molecule has 37 heavy (non-hydrogen) atoms. The number of carbonyl (C=O) groups excluding carboxylic acids is 3. The number of aryl methyl sites for hydroxylation is 1. The van der Waals surface area contributed by atoms with E-state index in [1.54, 1.807) is 24.9 Å². The van der Waals surface area contributed by atoms with Crippen LogP contribution in [0.3, 0.4) is 0 Å². The van der Waals surface area contributed by atoms with Crippen molar-refractivity contribution in [1.29, 1.82) is 0 Å². The maximum atomic E-state index is 13.7. The molecule has 4 amide bonds. The van der Waals surface area contributed by atoms with Gasteiger partial charge in [0.05, 0.1) is 11.3 Å². The van der Waals surface area contributed by atoms with E-state index < -0.39 is 11.6 Å². The van der Waals surface area contributed by atoms with Crippen molar-refractivity contribution in [3.05, 3.63) is 64.7 Å². The van der Waals surface area contributed by atoms with Crippen LogP contribution in [0, 0.1) is 6.92 Å². The van der Waals surface area contributed by atoms with Gasteiger partial charge in [-0.2, -0.15) is 0 Å². The Labute approximate surface area is 221 Å². The number of hydrogen-bond acceptors (Lipinski definition) is 5. The minimum absolute atomic E-state index is 0.200. The summed E-state index contributed by atoms with van der Waals surface area (Å²) in [5.74, 6) is -0.483. The van der Waals surface area contributed by atoms with Crippen LogP contribution in [0.4, 0.5) is 15.5 Å². The minimum atomic E-state index is -0.998. The Balaban J connectivity index is 1.61. The van der Waals surface area contributed by atoms with Gasteiger partial charge in [0.25, 0.3) is 5.91 Å². The van der Waals surface area contributed by atoms with Crippen molar-refractivity contribution >= 4 is 39.9 Å². The van der Waals surface area contributed by atoms with Crippen LogP contribution in [0.1, 0.15) is 55.4 Å². The standard InChI is InChI=1S/C28H33N5O3S/c1-17-10-11-18(15-19(17)21-9-7-8-12-29-21)31-26(36)32-23-20(16-22(37-23)27(2,3)4)24(34)33-14-13-30-25(35)28(33,5)6/h7-12,15-16H,13-14H2,1-6H3,(H,30,35)(H2,31,32,36). The van der Waals surface area contributed by atoms with Crippen molar-refractivity contribution in [2.24, 2.45) is 0 Å². The average molecular weight is 520 g/mol. The van der Waals surface area contributed by atoms with Gasteiger partial charge in [-0.05, 0) is 62.1 Å². The smallest absolute Gasteiger partial charge is 0.324 e. The van der Waals surface area contributed by atoms with E-state index >= 15 is 0 Å². The number of thiophene rings is 1. The lowest BCUT2D eigenvalue weighted by atomic mass is 9.93. The fourth-order valence-electron chi connectivity index (χ4n) is 4.18. The normalized spacial score (nSPS) is 15.2. The Kier molecular flexibility index (Phi) is 7.10. The van der Waals surface area contributed by atoms with Gasteiger partial charge >= 0.3 is 6.03 Å². The highest BCUT2D eigenvalue weighted by Gasteiger charge is 2.42. The predicted molar refractivity (Wildman–Crippen MR) is 148 cm³/mol. The lowest BCUT2D eigenvalue weighted by Crippen LogP contribution is -2.63. The van der Waals surface area contributed by atoms with Gasteiger partial charge in [0, 0.05) is 35.4 Å². The average Bonchev–Trinajstić information content (AvgIpc) is 3.26. The highest BCUT2D eigenvalue weighted by atomic mass is 32.1. The van der Waals surface area contributed by atoms with Crippen molar-refractivity contribution in [1.82, 2.24) is 15.2 Å². The van der Waals surface area contributed by atoms with Crippen molar-refractivity contribution in [2.75, 3.05) is 23.7 Å². The Morgan fingerprint density at radius 1 is 1.11 bits per heavy atom. The molecular weight excluding hydrogens is 486 g/mol. The van der Waals surface area contributed by atoms with E-state index in [-0.39, 0.29) is 17.2 Å². The van der Waals surface area contributed by atoms with E-state index in [1.807, 2.05) is 49.4 Å². The molecule has 1 aromatic carbocycles. The number of rotatable bonds is 4. The zero-order chi connectivity index (χ0) is 27.0. The number of carbonyl (C=O) groups is 3. The molecule has 3 N–H and O–H groups in total. The number of amides is 4. The Hall–Kier alpha value is -3.72. The summed E-state index contributed by atoms with van der Waals surface area (Å²) in [6, 6.07) is 12.7. The number of nitrogens with one attached hydrogen (secondary N) is 3. The number of aromatic nitrogens is 1. The summed E-state index contributed by atoms with van der Waals surface area (Å²) >= 11 is 1.37. The Bertz CT molecular complexity index is 1340. The monoisotopic (exact) mass is 519 g/mol. The van der Waals surface area contributed by atoms with Crippen LogP contribution in [-0.4, -0.2) is 46.4 Å². The molecule has 0 saturated carbocycles. The third-order valence-electron chi connectivity index (χ3n) is 6.46. The van der Waals surface area contributed by atoms with Crippen LogP contribution in [-0.2, 0) is 10.2 Å². The fraction of sp³-hybridized carbons (Fsp3) is 0.357. The van der Waals surface area contributed by atoms with Crippen molar-refractivity contribution < 1.29 is 14.4 Å². The van der Waals surface area contributed by atoms with Gasteiger partial charge in [-0.3, -0.25) is 19.9 Å². The van der Waals surface area contributed by atoms with Crippen LogP contribution in [0.2, 0.25) is 0 Å². The molecule has 0 unspecified atom stereocenters. The molecule has 1 fully saturated rings. The molecule has 194 valence electrons. The lowest BCUT2D eigenvalue weighted by Gasteiger charge is -2.41. The van der Waals surface area contributed by atoms with Gasteiger partial charge in [0.1, 0.15) is 10.5 Å². The molecule has 3 aromatic rings. The van der Waals surface area contributed by atoms with E-state index in [0.717, 1.165) is 21.7 Å². The van der Waals surface area contributed by atoms with Crippen molar-refractivity contribution in [3.8, 4) is 11.3 Å². The SMILES string of the molecule is Cc1ccc(NC(=O)Nc2sc(C(C)(C)C)cc2C(=O)N2CCNC(=O)C2(C)C)cc1-c1ccccn1. The molecule has 0 atom stereocenters. The third kappa shape index (κ3) is 5.51. The molecule has 0 spiro atoms. The van der Waals surface area contributed by atoms with Gasteiger partial charge in [0.2, 0.25) is 5.91 Å². The first kappa shape index (κ1) is 26.3. The topological polar surface area (TPSA) is 103 Å². The maximum Gasteiger partial charge on any atom is 0.324 e.